The standard InChI is InChI=1S/C24H35N5O8/c1-24(18-9-8-15-21(25)26-13-27-29(15)18)20(31)19(30)17(37-24)12-36-23(33)35-11-16(28(2)3)22(32)34-10-14-6-4-5-7-14/h8-9,13-14,16-17,19-20,30-31H,4-7,10-12H2,1-3H3,(H2,25,26,27)/t16-,17+,19+,20+,24-/m0/s1. The van der Waals surface area contributed by atoms with Crippen LogP contribution in [-0.2, 0) is 29.3 Å². The minimum absolute atomic E-state index is 0.249. The SMILES string of the molecule is CN(C)[C@@H](COC(=O)OC[C@H]1O[C@@](C)(c2ccc3c(N)ncnn23)[C@H](O)[C@@H]1O)C(=O)OCC1CCCC1. The van der Waals surface area contributed by atoms with E-state index < -0.39 is 42.1 Å². The molecule has 0 radical (unpaired) electrons. The minimum Gasteiger partial charge on any atom is -0.464 e. The molecule has 2 aromatic heterocycles. The summed E-state index contributed by atoms with van der Waals surface area (Å²) in [5, 5.41) is 25.6. The summed E-state index contributed by atoms with van der Waals surface area (Å²) in [5.41, 5.74) is 5.48. The second-order valence-electron chi connectivity index (χ2n) is 9.99. The van der Waals surface area contributed by atoms with Crippen molar-refractivity contribution >= 4 is 23.5 Å². The number of carbonyl (C=O) groups is 2. The van der Waals surface area contributed by atoms with Crippen LogP contribution in [0.15, 0.2) is 18.5 Å². The van der Waals surface area contributed by atoms with Crippen LogP contribution in [0.1, 0.15) is 38.3 Å². The maximum atomic E-state index is 12.5. The highest BCUT2D eigenvalue weighted by molar-refractivity contribution is 5.76. The van der Waals surface area contributed by atoms with Gasteiger partial charge >= 0.3 is 12.1 Å². The minimum atomic E-state index is -1.37. The Morgan fingerprint density at radius 1 is 1.22 bits per heavy atom. The van der Waals surface area contributed by atoms with E-state index in [1.54, 1.807) is 38.1 Å². The predicted octanol–water partition coefficient (Wildman–Crippen LogP) is 0.464. The van der Waals surface area contributed by atoms with E-state index in [4.69, 9.17) is 24.7 Å². The third-order valence-electron chi connectivity index (χ3n) is 7.21. The maximum Gasteiger partial charge on any atom is 0.508 e. The zero-order valence-corrected chi connectivity index (χ0v) is 21.3. The molecule has 13 heteroatoms. The molecular weight excluding hydrogens is 486 g/mol. The number of nitrogens with two attached hydrogens (primary N) is 1. The fourth-order valence-electron chi connectivity index (χ4n) is 4.90. The number of nitrogens with zero attached hydrogens (tertiary/aromatic N) is 4. The first kappa shape index (κ1) is 27.0. The van der Waals surface area contributed by atoms with E-state index in [1.165, 1.54) is 10.8 Å². The molecule has 204 valence electrons. The summed E-state index contributed by atoms with van der Waals surface area (Å²) in [6, 6.07) is 2.56. The summed E-state index contributed by atoms with van der Waals surface area (Å²) in [7, 11) is 3.37. The first-order valence-electron chi connectivity index (χ1n) is 12.4. The number of aromatic nitrogens is 3. The molecule has 1 aliphatic heterocycles. The highest BCUT2D eigenvalue weighted by atomic mass is 16.7. The summed E-state index contributed by atoms with van der Waals surface area (Å²) in [6.07, 6.45) is 0.879. The van der Waals surface area contributed by atoms with Crippen LogP contribution in [0.2, 0.25) is 0 Å². The Morgan fingerprint density at radius 2 is 1.95 bits per heavy atom. The first-order chi connectivity index (χ1) is 17.6. The van der Waals surface area contributed by atoms with Crippen molar-refractivity contribution in [1.29, 1.82) is 0 Å². The third-order valence-corrected chi connectivity index (χ3v) is 7.21. The van der Waals surface area contributed by atoms with Gasteiger partial charge in [0.15, 0.2) is 5.82 Å². The molecule has 0 spiro atoms. The van der Waals surface area contributed by atoms with Gasteiger partial charge in [-0.2, -0.15) is 5.10 Å². The number of likely N-dealkylation sites (N-methyl/N-ethyl adjacent to an activating group) is 1. The van der Waals surface area contributed by atoms with E-state index in [-0.39, 0.29) is 19.0 Å². The fourth-order valence-corrected chi connectivity index (χ4v) is 4.90. The lowest BCUT2D eigenvalue weighted by atomic mass is 9.93. The zero-order chi connectivity index (χ0) is 26.7. The van der Waals surface area contributed by atoms with Crippen molar-refractivity contribution in [3.8, 4) is 0 Å². The molecule has 2 aliphatic rings. The number of carbonyl (C=O) groups excluding carboxylic acids is 2. The lowest BCUT2D eigenvalue weighted by Gasteiger charge is -2.27. The van der Waals surface area contributed by atoms with Gasteiger partial charge in [0.1, 0.15) is 55.0 Å². The molecule has 0 aromatic carbocycles. The van der Waals surface area contributed by atoms with E-state index >= 15 is 0 Å². The lowest BCUT2D eigenvalue weighted by Crippen LogP contribution is -2.42. The van der Waals surface area contributed by atoms with Crippen LogP contribution in [0.25, 0.3) is 5.52 Å². The number of rotatable bonds is 9. The Morgan fingerprint density at radius 3 is 2.65 bits per heavy atom. The molecule has 2 fully saturated rings. The number of aliphatic hydroxyl groups is 2. The van der Waals surface area contributed by atoms with Crippen molar-refractivity contribution in [3.63, 3.8) is 0 Å². The van der Waals surface area contributed by atoms with Gasteiger partial charge in [-0.1, -0.05) is 12.8 Å². The van der Waals surface area contributed by atoms with E-state index in [0.29, 0.717) is 23.7 Å². The van der Waals surface area contributed by atoms with E-state index in [2.05, 4.69) is 10.1 Å². The molecule has 5 atom stereocenters. The van der Waals surface area contributed by atoms with Crippen LogP contribution < -0.4 is 5.73 Å². The molecule has 1 saturated carbocycles. The summed E-state index contributed by atoms with van der Waals surface area (Å²) in [5.74, 6) is 0.159. The molecule has 4 rings (SSSR count). The van der Waals surface area contributed by atoms with Crippen molar-refractivity contribution in [2.24, 2.45) is 5.92 Å². The third kappa shape index (κ3) is 5.64. The summed E-state index contributed by atoms with van der Waals surface area (Å²) in [6.45, 7) is 1.31. The van der Waals surface area contributed by atoms with Crippen LogP contribution in [0.5, 0.6) is 0 Å². The van der Waals surface area contributed by atoms with Gasteiger partial charge in [0, 0.05) is 0 Å². The molecule has 37 heavy (non-hydrogen) atoms. The fraction of sp³-hybridized carbons (Fsp3) is 0.667. The van der Waals surface area contributed by atoms with Gasteiger partial charge in [-0.05, 0) is 51.9 Å². The molecular formula is C24H35N5O8. The average molecular weight is 522 g/mol. The van der Waals surface area contributed by atoms with Crippen molar-refractivity contribution < 1.29 is 38.7 Å². The summed E-state index contributed by atoms with van der Waals surface area (Å²) in [4.78, 5) is 30.3. The number of anilines is 1. The van der Waals surface area contributed by atoms with Crippen LogP contribution in [0, 0.1) is 5.92 Å². The largest absolute Gasteiger partial charge is 0.508 e. The van der Waals surface area contributed by atoms with Crippen molar-refractivity contribution in [3.05, 3.63) is 24.2 Å². The van der Waals surface area contributed by atoms with Crippen LogP contribution in [-0.4, -0.2) is 100 Å². The van der Waals surface area contributed by atoms with Crippen LogP contribution in [0.4, 0.5) is 10.6 Å². The average Bonchev–Trinajstić information content (AvgIpc) is 3.59. The highest BCUT2D eigenvalue weighted by Crippen LogP contribution is 2.40. The zero-order valence-electron chi connectivity index (χ0n) is 21.3. The van der Waals surface area contributed by atoms with Gasteiger partial charge in [-0.3, -0.25) is 9.69 Å². The summed E-state index contributed by atoms with van der Waals surface area (Å²) >= 11 is 0. The van der Waals surface area contributed by atoms with Gasteiger partial charge in [0.25, 0.3) is 0 Å². The Balaban J connectivity index is 1.30. The second-order valence-corrected chi connectivity index (χ2v) is 9.99. The molecule has 4 N–H and O–H groups in total. The molecule has 3 heterocycles. The number of aliphatic hydroxyl groups excluding tert-OH is 2. The van der Waals surface area contributed by atoms with Crippen LogP contribution in [0.3, 0.4) is 0 Å². The van der Waals surface area contributed by atoms with E-state index in [0.717, 1.165) is 25.7 Å². The predicted molar refractivity (Wildman–Crippen MR) is 129 cm³/mol. The number of fused-ring (bicyclic) bond motifs is 1. The number of hydrogen-bond acceptors (Lipinski definition) is 12. The van der Waals surface area contributed by atoms with Crippen molar-refractivity contribution in [1.82, 2.24) is 19.5 Å². The monoisotopic (exact) mass is 521 g/mol. The quantitative estimate of drug-likeness (QED) is 0.390. The summed E-state index contributed by atoms with van der Waals surface area (Å²) < 4.78 is 23.1. The Bertz CT molecular complexity index is 1100. The Kier molecular flexibility index (Phi) is 8.17. The highest BCUT2D eigenvalue weighted by Gasteiger charge is 2.54. The van der Waals surface area contributed by atoms with Crippen molar-refractivity contribution in [2.45, 2.75) is 62.6 Å². The molecule has 1 saturated heterocycles. The maximum absolute atomic E-state index is 12.5. The van der Waals surface area contributed by atoms with Crippen molar-refractivity contribution in [2.75, 3.05) is 39.6 Å². The van der Waals surface area contributed by atoms with Gasteiger partial charge in [-0.25, -0.2) is 14.3 Å². The molecule has 0 bridgehead atoms. The van der Waals surface area contributed by atoms with E-state index in [1.807, 2.05) is 0 Å². The Labute approximate surface area is 214 Å². The Hall–Kier alpha value is -3.00. The van der Waals surface area contributed by atoms with Gasteiger partial charge in [-0.15, -0.1) is 0 Å². The molecule has 0 unspecified atom stereocenters. The molecule has 0 amide bonds. The number of hydrogen-bond donors (Lipinski definition) is 3. The molecule has 1 aliphatic carbocycles. The van der Waals surface area contributed by atoms with Crippen LogP contribution >= 0.6 is 0 Å². The number of ether oxygens (including phenoxy) is 4. The normalized spacial score (nSPS) is 27.0. The topological polar surface area (TPSA) is 171 Å². The number of nitrogen functional groups attached to an aromatic ring is 1. The molecule has 13 nitrogen and oxygen atoms in total. The van der Waals surface area contributed by atoms with E-state index in [9.17, 15) is 19.8 Å². The smallest absolute Gasteiger partial charge is 0.464 e. The van der Waals surface area contributed by atoms with Gasteiger partial charge < -0.3 is 34.9 Å². The number of esters is 1. The molecule has 2 aromatic rings. The lowest BCUT2D eigenvalue weighted by molar-refractivity contribution is -0.152. The van der Waals surface area contributed by atoms with Gasteiger partial charge in [0.05, 0.1) is 12.3 Å². The first-order valence-corrected chi connectivity index (χ1v) is 12.4. The van der Waals surface area contributed by atoms with Gasteiger partial charge in [0.2, 0.25) is 0 Å². The second kappa shape index (κ2) is 11.2.